The first-order valence-corrected chi connectivity index (χ1v) is 12.0. The fourth-order valence-electron chi connectivity index (χ4n) is 4.17. The summed E-state index contributed by atoms with van der Waals surface area (Å²) in [5.74, 6) is -1.38. The largest absolute Gasteiger partial charge is 0.480 e. The molecule has 0 bridgehead atoms. The van der Waals surface area contributed by atoms with Gasteiger partial charge in [0.25, 0.3) is 5.91 Å². The molecule has 5 N–H and O–H groups in total. The standard InChI is InChI=1S/C19H22N2O3.C10H11NO.ClH/c1-13(2)15-6-8-17(9-7-15)21(12-18(22)23)19(24)16-5-3-4-14(10-16)11-20;11-10(12)9-5-4-7-2-1-3-8(7)6-9;/h3-10,13H,11-12,20H2,1-2H3,(H,22,23);4-6H,1-3H2,(H2,11,12);1H. The van der Waals surface area contributed by atoms with Crippen LogP contribution in [-0.2, 0) is 24.2 Å². The normalized spacial score (nSPS) is 11.6. The maximum Gasteiger partial charge on any atom is 0.323 e. The molecule has 1 aliphatic carbocycles. The molecule has 0 aromatic heterocycles. The van der Waals surface area contributed by atoms with Crippen LogP contribution < -0.4 is 16.4 Å². The van der Waals surface area contributed by atoms with Crippen molar-refractivity contribution in [2.75, 3.05) is 11.4 Å². The lowest BCUT2D eigenvalue weighted by atomic mass is 10.0. The fourth-order valence-corrected chi connectivity index (χ4v) is 4.17. The van der Waals surface area contributed by atoms with Gasteiger partial charge >= 0.3 is 5.97 Å². The van der Waals surface area contributed by atoms with Crippen LogP contribution in [0.4, 0.5) is 5.69 Å². The first kappa shape index (κ1) is 29.5. The van der Waals surface area contributed by atoms with Crippen molar-refractivity contribution < 1.29 is 19.5 Å². The monoisotopic (exact) mass is 523 g/mol. The summed E-state index contributed by atoms with van der Waals surface area (Å²) in [5.41, 5.74) is 17.0. The lowest BCUT2D eigenvalue weighted by Gasteiger charge is -2.22. The van der Waals surface area contributed by atoms with Crippen LogP contribution in [0.1, 0.15) is 69.2 Å². The van der Waals surface area contributed by atoms with Gasteiger partial charge in [-0.1, -0.05) is 44.2 Å². The highest BCUT2D eigenvalue weighted by molar-refractivity contribution is 6.08. The predicted octanol–water partition coefficient (Wildman–Crippen LogP) is 4.70. The van der Waals surface area contributed by atoms with Crippen molar-refractivity contribution in [3.05, 3.63) is 100 Å². The Morgan fingerprint density at radius 2 is 1.59 bits per heavy atom. The van der Waals surface area contributed by atoms with Gasteiger partial charge in [0.2, 0.25) is 5.91 Å². The number of anilines is 1. The molecule has 196 valence electrons. The van der Waals surface area contributed by atoms with Crippen LogP contribution >= 0.6 is 12.4 Å². The van der Waals surface area contributed by atoms with E-state index in [1.54, 1.807) is 30.3 Å². The van der Waals surface area contributed by atoms with E-state index in [-0.39, 0.29) is 24.2 Å². The Kier molecular flexibility index (Phi) is 10.8. The zero-order valence-electron chi connectivity index (χ0n) is 21.1. The minimum Gasteiger partial charge on any atom is -0.480 e. The Bertz CT molecular complexity index is 1240. The summed E-state index contributed by atoms with van der Waals surface area (Å²) in [6.45, 7) is 4.08. The number of amides is 2. The van der Waals surface area contributed by atoms with Gasteiger partial charge in [-0.15, -0.1) is 12.4 Å². The average Bonchev–Trinajstić information content (AvgIpc) is 3.35. The number of aliphatic carboxylic acids is 1. The fraction of sp³-hybridized carbons (Fsp3) is 0.276. The molecule has 0 aliphatic heterocycles. The topological polar surface area (TPSA) is 127 Å². The molecule has 4 rings (SSSR count). The van der Waals surface area contributed by atoms with Gasteiger partial charge < -0.3 is 16.6 Å². The zero-order valence-corrected chi connectivity index (χ0v) is 22.0. The smallest absolute Gasteiger partial charge is 0.323 e. The molecule has 0 unspecified atom stereocenters. The molecule has 0 spiro atoms. The molecule has 3 aromatic rings. The Balaban J connectivity index is 0.000000309. The van der Waals surface area contributed by atoms with Gasteiger partial charge in [0.15, 0.2) is 0 Å². The molecule has 8 heteroatoms. The van der Waals surface area contributed by atoms with Crippen molar-refractivity contribution in [1.29, 1.82) is 0 Å². The third kappa shape index (κ3) is 7.90. The highest BCUT2D eigenvalue weighted by Gasteiger charge is 2.21. The number of carboxylic acids is 1. The minimum absolute atomic E-state index is 0. The number of rotatable bonds is 7. The van der Waals surface area contributed by atoms with Crippen molar-refractivity contribution in [3.8, 4) is 0 Å². The number of fused-ring (bicyclic) bond motifs is 1. The van der Waals surface area contributed by atoms with Crippen molar-refractivity contribution in [1.82, 2.24) is 0 Å². The van der Waals surface area contributed by atoms with Crippen LogP contribution in [0.2, 0.25) is 0 Å². The van der Waals surface area contributed by atoms with Gasteiger partial charge in [0.05, 0.1) is 0 Å². The molecule has 0 atom stereocenters. The van der Waals surface area contributed by atoms with Gasteiger partial charge in [-0.05, 0) is 83.8 Å². The van der Waals surface area contributed by atoms with E-state index in [4.69, 9.17) is 11.5 Å². The summed E-state index contributed by atoms with van der Waals surface area (Å²) < 4.78 is 0. The predicted molar refractivity (Wildman–Crippen MR) is 148 cm³/mol. The highest BCUT2D eigenvalue weighted by atomic mass is 35.5. The van der Waals surface area contributed by atoms with Gasteiger partial charge in [-0.25, -0.2) is 0 Å². The molecule has 0 fully saturated rings. The number of carboxylic acid groups (broad SMARTS) is 1. The number of nitrogens with zero attached hydrogens (tertiary/aromatic N) is 1. The Morgan fingerprint density at radius 1 is 0.919 bits per heavy atom. The molecule has 1 aliphatic rings. The molecule has 2 amide bonds. The van der Waals surface area contributed by atoms with E-state index < -0.39 is 12.5 Å². The lowest BCUT2D eigenvalue weighted by molar-refractivity contribution is -0.135. The molecular formula is C29H34ClN3O4. The summed E-state index contributed by atoms with van der Waals surface area (Å²) in [6, 6.07) is 20.1. The zero-order chi connectivity index (χ0) is 26.2. The maximum atomic E-state index is 12.8. The van der Waals surface area contributed by atoms with Gasteiger partial charge in [0.1, 0.15) is 6.54 Å². The molecule has 0 saturated heterocycles. The number of hydrogen-bond acceptors (Lipinski definition) is 4. The second-order valence-corrected chi connectivity index (χ2v) is 9.14. The molecule has 0 saturated carbocycles. The second-order valence-electron chi connectivity index (χ2n) is 9.14. The van der Waals surface area contributed by atoms with E-state index in [0.717, 1.165) is 24.0 Å². The molecular weight excluding hydrogens is 490 g/mol. The van der Waals surface area contributed by atoms with E-state index in [9.17, 15) is 19.5 Å². The van der Waals surface area contributed by atoms with E-state index in [0.29, 0.717) is 29.3 Å². The lowest BCUT2D eigenvalue weighted by Crippen LogP contribution is -2.35. The number of hydrogen-bond donors (Lipinski definition) is 3. The highest BCUT2D eigenvalue weighted by Crippen LogP contribution is 2.23. The summed E-state index contributed by atoms with van der Waals surface area (Å²) in [6.07, 6.45) is 3.45. The Hall–Kier alpha value is -3.68. The van der Waals surface area contributed by atoms with E-state index in [1.807, 2.05) is 36.4 Å². The molecule has 37 heavy (non-hydrogen) atoms. The number of primary amides is 1. The number of nitrogens with two attached hydrogens (primary N) is 2. The van der Waals surface area contributed by atoms with Gasteiger partial charge in [-0.3, -0.25) is 19.3 Å². The Labute approximate surface area is 223 Å². The van der Waals surface area contributed by atoms with Crippen molar-refractivity contribution in [2.45, 2.75) is 45.6 Å². The van der Waals surface area contributed by atoms with Gasteiger partial charge in [0, 0.05) is 23.4 Å². The quantitative estimate of drug-likeness (QED) is 0.414. The number of aryl methyl sites for hydroxylation is 2. The number of carbonyl (C=O) groups is 3. The number of benzene rings is 3. The SMILES string of the molecule is CC(C)c1ccc(N(CC(=O)O)C(=O)c2cccc(CN)c2)cc1.Cl.NC(=O)c1ccc2c(c1)CCC2. The van der Waals surface area contributed by atoms with E-state index >= 15 is 0 Å². The van der Waals surface area contributed by atoms with Gasteiger partial charge in [-0.2, -0.15) is 0 Å². The second kappa shape index (κ2) is 13.6. The van der Waals surface area contributed by atoms with Crippen LogP contribution in [-0.4, -0.2) is 29.4 Å². The van der Waals surface area contributed by atoms with Crippen LogP contribution in [0.15, 0.2) is 66.7 Å². The molecule has 7 nitrogen and oxygen atoms in total. The molecule has 0 heterocycles. The van der Waals surface area contributed by atoms with Crippen molar-refractivity contribution in [2.24, 2.45) is 11.5 Å². The average molecular weight is 524 g/mol. The Morgan fingerprint density at radius 3 is 2.19 bits per heavy atom. The number of carbonyl (C=O) groups excluding carboxylic acids is 2. The molecule has 0 radical (unpaired) electrons. The summed E-state index contributed by atoms with van der Waals surface area (Å²) >= 11 is 0. The van der Waals surface area contributed by atoms with Crippen LogP contribution in [0.3, 0.4) is 0 Å². The van der Waals surface area contributed by atoms with E-state index in [1.165, 1.54) is 22.4 Å². The minimum atomic E-state index is -1.06. The van der Waals surface area contributed by atoms with Crippen LogP contribution in [0.5, 0.6) is 0 Å². The van der Waals surface area contributed by atoms with Crippen LogP contribution in [0, 0.1) is 0 Å². The summed E-state index contributed by atoms with van der Waals surface area (Å²) in [4.78, 5) is 36.1. The first-order valence-electron chi connectivity index (χ1n) is 12.0. The van der Waals surface area contributed by atoms with Crippen molar-refractivity contribution >= 4 is 35.9 Å². The summed E-state index contributed by atoms with van der Waals surface area (Å²) in [7, 11) is 0. The molecule has 3 aromatic carbocycles. The maximum absolute atomic E-state index is 12.8. The van der Waals surface area contributed by atoms with E-state index in [2.05, 4.69) is 13.8 Å². The number of halogens is 1. The summed E-state index contributed by atoms with van der Waals surface area (Å²) in [5, 5.41) is 9.17. The third-order valence-electron chi connectivity index (χ3n) is 6.20. The van der Waals surface area contributed by atoms with Crippen molar-refractivity contribution in [3.63, 3.8) is 0 Å². The third-order valence-corrected chi connectivity index (χ3v) is 6.20. The van der Waals surface area contributed by atoms with Crippen LogP contribution in [0.25, 0.3) is 0 Å². The first-order chi connectivity index (χ1) is 17.2.